The van der Waals surface area contributed by atoms with Crippen LogP contribution in [0.1, 0.15) is 40.2 Å². The number of fused-ring (bicyclic) bond motifs is 1. The molecule has 21 heavy (non-hydrogen) atoms. The van der Waals surface area contributed by atoms with E-state index in [1.807, 2.05) is 11.3 Å². The molecule has 2 aromatic heterocycles. The highest BCUT2D eigenvalue weighted by atomic mass is 35.5. The lowest BCUT2D eigenvalue weighted by atomic mass is 9.94. The number of halogens is 1. The van der Waals surface area contributed by atoms with E-state index >= 15 is 0 Å². The van der Waals surface area contributed by atoms with Crippen molar-refractivity contribution in [3.8, 4) is 0 Å². The zero-order chi connectivity index (χ0) is 14.8. The van der Waals surface area contributed by atoms with Gasteiger partial charge in [-0.15, -0.1) is 22.7 Å². The first-order chi connectivity index (χ1) is 10.1. The summed E-state index contributed by atoms with van der Waals surface area (Å²) in [7, 11) is 4.31. The summed E-state index contributed by atoms with van der Waals surface area (Å²) < 4.78 is 0.927. The van der Waals surface area contributed by atoms with E-state index in [0.29, 0.717) is 12.1 Å². The van der Waals surface area contributed by atoms with Crippen LogP contribution in [0.25, 0.3) is 0 Å². The number of likely N-dealkylation sites (N-methyl/N-ethyl adjacent to an activating group) is 1. The Labute approximate surface area is 139 Å². The average molecular weight is 341 g/mol. The summed E-state index contributed by atoms with van der Waals surface area (Å²) in [4.78, 5) is 5.19. The molecule has 2 nitrogen and oxygen atoms in total. The number of aryl methyl sites for hydroxylation is 1. The average Bonchev–Trinajstić information content (AvgIpc) is 3.07. The van der Waals surface area contributed by atoms with Crippen LogP contribution in [0.3, 0.4) is 0 Å². The Kier molecular flexibility index (Phi) is 5.02. The third kappa shape index (κ3) is 3.51. The first-order valence-electron chi connectivity index (χ1n) is 7.36. The topological polar surface area (TPSA) is 15.3 Å². The maximum atomic E-state index is 6.19. The van der Waals surface area contributed by atoms with Gasteiger partial charge in [0.25, 0.3) is 0 Å². The van der Waals surface area contributed by atoms with Crippen molar-refractivity contribution in [3.63, 3.8) is 0 Å². The molecule has 0 saturated carbocycles. The van der Waals surface area contributed by atoms with Gasteiger partial charge in [0.05, 0.1) is 10.4 Å². The summed E-state index contributed by atoms with van der Waals surface area (Å²) in [5.41, 5.74) is 1.43. The van der Waals surface area contributed by atoms with Crippen molar-refractivity contribution in [1.82, 2.24) is 10.2 Å². The van der Waals surface area contributed by atoms with Crippen molar-refractivity contribution in [2.45, 2.75) is 31.3 Å². The Morgan fingerprint density at radius 1 is 1.48 bits per heavy atom. The molecule has 2 atom stereocenters. The van der Waals surface area contributed by atoms with E-state index in [4.69, 9.17) is 11.6 Å². The van der Waals surface area contributed by atoms with Gasteiger partial charge >= 0.3 is 0 Å². The van der Waals surface area contributed by atoms with E-state index in [9.17, 15) is 0 Å². The van der Waals surface area contributed by atoms with Crippen LogP contribution in [-0.4, -0.2) is 25.5 Å². The third-order valence-corrected chi connectivity index (χ3v) is 6.45. The largest absolute Gasteiger partial charge is 0.308 e. The van der Waals surface area contributed by atoms with Gasteiger partial charge < -0.3 is 10.2 Å². The van der Waals surface area contributed by atoms with Crippen molar-refractivity contribution >= 4 is 34.3 Å². The van der Waals surface area contributed by atoms with E-state index in [1.165, 1.54) is 34.6 Å². The van der Waals surface area contributed by atoms with Gasteiger partial charge in [-0.05, 0) is 56.4 Å². The van der Waals surface area contributed by atoms with Gasteiger partial charge in [-0.2, -0.15) is 0 Å². The predicted octanol–water partition coefficient (Wildman–Crippen LogP) is 4.73. The maximum Gasteiger partial charge on any atom is 0.0934 e. The Bertz CT molecular complexity index is 577. The molecule has 0 fully saturated rings. The number of nitrogens with zero attached hydrogens (tertiary/aromatic N) is 1. The van der Waals surface area contributed by atoms with Crippen LogP contribution in [0.5, 0.6) is 0 Å². The molecule has 1 aliphatic carbocycles. The van der Waals surface area contributed by atoms with Gasteiger partial charge in [-0.3, -0.25) is 0 Å². The van der Waals surface area contributed by atoms with Crippen molar-refractivity contribution in [3.05, 3.63) is 43.2 Å². The summed E-state index contributed by atoms with van der Waals surface area (Å²) in [6.07, 6.45) is 3.66. The standard InChI is InChI=1S/C16H21ClN2S2/c1-19(2)13(15-7-4-8-20-15)10-18-12-5-3-6-14-11(12)9-16(17)21-14/h4,7-9,12-13,18H,3,5-6,10H2,1-2H3. The molecule has 114 valence electrons. The second-order valence-corrected chi connectivity index (χ2v) is 8.52. The first-order valence-corrected chi connectivity index (χ1v) is 9.44. The SMILES string of the molecule is CN(C)C(CNC1CCCc2sc(Cl)cc21)c1cccs1. The maximum absolute atomic E-state index is 6.19. The molecule has 0 bridgehead atoms. The van der Waals surface area contributed by atoms with Crippen LogP contribution in [0.4, 0.5) is 0 Å². The minimum atomic E-state index is 0.435. The van der Waals surface area contributed by atoms with E-state index in [0.717, 1.165) is 10.9 Å². The Balaban J connectivity index is 1.70. The molecule has 0 radical (unpaired) electrons. The van der Waals surface area contributed by atoms with Gasteiger partial charge in [-0.1, -0.05) is 17.7 Å². The second-order valence-electron chi connectivity index (χ2n) is 5.78. The van der Waals surface area contributed by atoms with Gasteiger partial charge in [-0.25, -0.2) is 0 Å². The highest BCUT2D eigenvalue weighted by Gasteiger charge is 2.24. The molecule has 0 aromatic carbocycles. The van der Waals surface area contributed by atoms with Gasteiger partial charge in [0.15, 0.2) is 0 Å². The number of rotatable bonds is 5. The van der Waals surface area contributed by atoms with E-state index in [1.54, 1.807) is 11.3 Å². The molecular weight excluding hydrogens is 320 g/mol. The zero-order valence-corrected chi connectivity index (χ0v) is 14.8. The molecule has 2 unspecified atom stereocenters. The van der Waals surface area contributed by atoms with E-state index < -0.39 is 0 Å². The van der Waals surface area contributed by atoms with Crippen LogP contribution in [0.15, 0.2) is 23.6 Å². The molecule has 0 spiro atoms. The summed E-state index contributed by atoms with van der Waals surface area (Å²) in [5.74, 6) is 0. The minimum Gasteiger partial charge on any atom is -0.308 e. The second kappa shape index (κ2) is 6.80. The molecule has 5 heteroatoms. The Hall–Kier alpha value is -0.390. The van der Waals surface area contributed by atoms with Crippen LogP contribution >= 0.6 is 34.3 Å². The Morgan fingerprint density at radius 3 is 3.05 bits per heavy atom. The fourth-order valence-electron chi connectivity index (χ4n) is 3.01. The van der Waals surface area contributed by atoms with Crippen molar-refractivity contribution < 1.29 is 0 Å². The van der Waals surface area contributed by atoms with E-state index in [2.05, 4.69) is 47.9 Å². The lowest BCUT2D eigenvalue weighted by Gasteiger charge is -2.29. The number of hydrogen-bond donors (Lipinski definition) is 1. The Morgan fingerprint density at radius 2 is 2.33 bits per heavy atom. The van der Waals surface area contributed by atoms with Gasteiger partial charge in [0.2, 0.25) is 0 Å². The third-order valence-electron chi connectivity index (χ3n) is 4.14. The zero-order valence-electron chi connectivity index (χ0n) is 12.4. The number of nitrogens with one attached hydrogen (secondary N) is 1. The monoisotopic (exact) mass is 340 g/mol. The molecule has 1 N–H and O–H groups in total. The molecule has 0 saturated heterocycles. The fourth-order valence-corrected chi connectivity index (χ4v) is 5.31. The molecule has 3 rings (SSSR count). The summed E-state index contributed by atoms with van der Waals surface area (Å²) in [5, 5.41) is 5.93. The number of thiophene rings is 2. The minimum absolute atomic E-state index is 0.435. The summed E-state index contributed by atoms with van der Waals surface area (Å²) in [6.45, 7) is 0.977. The molecule has 2 aromatic rings. The van der Waals surface area contributed by atoms with E-state index in [-0.39, 0.29) is 0 Å². The van der Waals surface area contributed by atoms with Crippen LogP contribution < -0.4 is 5.32 Å². The molecule has 2 heterocycles. The van der Waals surface area contributed by atoms with Crippen molar-refractivity contribution in [1.29, 1.82) is 0 Å². The molecular formula is C16H21ClN2S2. The molecule has 0 amide bonds. The quantitative estimate of drug-likeness (QED) is 0.846. The highest BCUT2D eigenvalue weighted by molar-refractivity contribution is 7.16. The summed E-state index contributed by atoms with van der Waals surface area (Å²) in [6, 6.07) is 7.41. The normalized spacial score (nSPS) is 19.7. The van der Waals surface area contributed by atoms with Gasteiger partial charge in [0, 0.05) is 22.3 Å². The van der Waals surface area contributed by atoms with Crippen LogP contribution in [-0.2, 0) is 6.42 Å². The highest BCUT2D eigenvalue weighted by Crippen LogP contribution is 2.38. The lowest BCUT2D eigenvalue weighted by Crippen LogP contribution is -2.33. The molecule has 0 aliphatic heterocycles. The van der Waals surface area contributed by atoms with Crippen LogP contribution in [0.2, 0.25) is 4.34 Å². The lowest BCUT2D eigenvalue weighted by molar-refractivity contribution is 0.279. The predicted molar refractivity (Wildman–Crippen MR) is 93.8 cm³/mol. The van der Waals surface area contributed by atoms with Crippen molar-refractivity contribution in [2.75, 3.05) is 20.6 Å². The summed E-state index contributed by atoms with van der Waals surface area (Å²) >= 11 is 9.78. The number of hydrogen-bond acceptors (Lipinski definition) is 4. The first kappa shape index (κ1) is 15.5. The fraction of sp³-hybridized carbons (Fsp3) is 0.500. The molecule has 1 aliphatic rings. The van der Waals surface area contributed by atoms with Crippen molar-refractivity contribution in [2.24, 2.45) is 0 Å². The van der Waals surface area contributed by atoms with Crippen LogP contribution in [0, 0.1) is 0 Å². The smallest absolute Gasteiger partial charge is 0.0934 e. The van der Waals surface area contributed by atoms with Gasteiger partial charge in [0.1, 0.15) is 0 Å².